The number of alkyl halides is 3. The van der Waals surface area contributed by atoms with E-state index in [2.05, 4.69) is 15.9 Å². The number of benzene rings is 2. The molecular weight excluding hydrogens is 503 g/mol. The molecule has 2 aromatic rings. The van der Waals surface area contributed by atoms with E-state index in [4.69, 9.17) is 39.5 Å². The average molecular weight is 517 g/mol. The fraction of sp³-hybridized carbons (Fsp3) is 0.211. The zero-order valence-corrected chi connectivity index (χ0v) is 18.1. The highest BCUT2D eigenvalue weighted by molar-refractivity contribution is 9.10. The molecule has 0 aliphatic carbocycles. The van der Waals surface area contributed by atoms with Crippen LogP contribution >= 0.6 is 50.7 Å². The lowest BCUT2D eigenvalue weighted by Crippen LogP contribution is -2.19. The van der Waals surface area contributed by atoms with Crippen molar-refractivity contribution < 1.29 is 22.7 Å². The highest BCUT2D eigenvalue weighted by atomic mass is 79.9. The fourth-order valence-corrected chi connectivity index (χ4v) is 3.55. The second-order valence-corrected chi connectivity index (χ2v) is 7.68. The predicted molar refractivity (Wildman–Crippen MR) is 109 cm³/mol. The van der Waals surface area contributed by atoms with Crippen LogP contribution in [0.1, 0.15) is 34.3 Å². The molecular formula is C19H13BrCl3F3O2. The van der Waals surface area contributed by atoms with E-state index in [1.807, 2.05) is 0 Å². The van der Waals surface area contributed by atoms with Gasteiger partial charge in [-0.3, -0.25) is 0 Å². The molecule has 2 nitrogen and oxygen atoms in total. The van der Waals surface area contributed by atoms with Crippen LogP contribution < -0.4 is 0 Å². The van der Waals surface area contributed by atoms with Crippen molar-refractivity contribution in [3.05, 3.63) is 72.6 Å². The first-order valence-corrected chi connectivity index (χ1v) is 9.83. The third-order valence-corrected chi connectivity index (χ3v) is 5.54. The summed E-state index contributed by atoms with van der Waals surface area (Å²) in [5.74, 6) is -2.47. The maximum absolute atomic E-state index is 13.6. The van der Waals surface area contributed by atoms with Crippen molar-refractivity contribution in [2.24, 2.45) is 0 Å². The standard InChI is InChI=1S/C19H13BrCl3F3O2/c1-2-28-18(27)12-5-3-10(7-14(12)20)4-6-13(19(24,25)26)11-8-15(21)17(23)16(22)9-11/h3-9,13H,2H2,1H3/b6-4+. The Morgan fingerprint density at radius 3 is 2.29 bits per heavy atom. The van der Waals surface area contributed by atoms with Gasteiger partial charge in [0.15, 0.2) is 0 Å². The summed E-state index contributed by atoms with van der Waals surface area (Å²) >= 11 is 20.8. The highest BCUT2D eigenvalue weighted by Gasteiger charge is 2.39. The van der Waals surface area contributed by atoms with Gasteiger partial charge in [-0.15, -0.1) is 0 Å². The summed E-state index contributed by atoms with van der Waals surface area (Å²) < 4.78 is 46.0. The molecule has 0 fully saturated rings. The first-order valence-electron chi connectivity index (χ1n) is 7.90. The largest absolute Gasteiger partial charge is 0.462 e. The molecule has 0 bridgehead atoms. The Labute approximate surface area is 183 Å². The van der Waals surface area contributed by atoms with Crippen molar-refractivity contribution in [3.8, 4) is 0 Å². The number of allylic oxidation sites excluding steroid dienone is 1. The first kappa shape index (κ1) is 23.1. The zero-order valence-electron chi connectivity index (χ0n) is 14.3. The minimum atomic E-state index is -4.57. The molecule has 150 valence electrons. The van der Waals surface area contributed by atoms with Crippen LogP contribution in [0.2, 0.25) is 15.1 Å². The Morgan fingerprint density at radius 2 is 1.79 bits per heavy atom. The van der Waals surface area contributed by atoms with Crippen LogP contribution in [0.15, 0.2) is 40.9 Å². The van der Waals surface area contributed by atoms with Gasteiger partial charge in [0.2, 0.25) is 0 Å². The third-order valence-electron chi connectivity index (χ3n) is 3.69. The molecule has 0 radical (unpaired) electrons. The maximum atomic E-state index is 13.6. The summed E-state index contributed by atoms with van der Waals surface area (Å²) in [5, 5.41) is -0.128. The van der Waals surface area contributed by atoms with Crippen molar-refractivity contribution in [1.29, 1.82) is 0 Å². The number of hydrogen-bond acceptors (Lipinski definition) is 2. The van der Waals surface area contributed by atoms with Crippen LogP contribution in [0.4, 0.5) is 13.2 Å². The van der Waals surface area contributed by atoms with Crippen LogP contribution in [-0.2, 0) is 4.74 Å². The molecule has 0 aliphatic rings. The number of rotatable bonds is 5. The number of carbonyl (C=O) groups is 1. The molecule has 0 spiro atoms. The van der Waals surface area contributed by atoms with Gasteiger partial charge in [-0.1, -0.05) is 53.0 Å². The number of ether oxygens (including phenoxy) is 1. The monoisotopic (exact) mass is 514 g/mol. The van der Waals surface area contributed by atoms with Crippen molar-refractivity contribution >= 4 is 62.8 Å². The van der Waals surface area contributed by atoms with E-state index in [0.29, 0.717) is 10.0 Å². The van der Waals surface area contributed by atoms with Gasteiger partial charge in [-0.25, -0.2) is 4.79 Å². The van der Waals surface area contributed by atoms with E-state index < -0.39 is 18.1 Å². The molecule has 0 N–H and O–H groups in total. The number of carbonyl (C=O) groups excluding carboxylic acids is 1. The predicted octanol–water partition coefficient (Wildman–Crippen LogP) is 7.95. The lowest BCUT2D eigenvalue weighted by molar-refractivity contribution is -0.139. The van der Waals surface area contributed by atoms with Crippen LogP contribution in [0.25, 0.3) is 6.08 Å². The lowest BCUT2D eigenvalue weighted by Gasteiger charge is -2.18. The van der Waals surface area contributed by atoms with E-state index in [1.165, 1.54) is 24.3 Å². The Hall–Kier alpha value is -1.21. The molecule has 0 saturated heterocycles. The van der Waals surface area contributed by atoms with Crippen LogP contribution in [0.3, 0.4) is 0 Å². The fourth-order valence-electron chi connectivity index (χ4n) is 2.38. The van der Waals surface area contributed by atoms with Gasteiger partial charge < -0.3 is 4.74 Å². The summed E-state index contributed by atoms with van der Waals surface area (Å²) in [4.78, 5) is 11.8. The van der Waals surface area contributed by atoms with Crippen molar-refractivity contribution in [2.75, 3.05) is 6.61 Å². The normalized spacial score (nSPS) is 13.0. The maximum Gasteiger partial charge on any atom is 0.399 e. The molecule has 0 heterocycles. The molecule has 2 rings (SSSR count). The van der Waals surface area contributed by atoms with E-state index in [-0.39, 0.29) is 32.8 Å². The van der Waals surface area contributed by atoms with Gasteiger partial charge in [0.1, 0.15) is 0 Å². The van der Waals surface area contributed by atoms with Gasteiger partial charge in [-0.2, -0.15) is 13.2 Å². The van der Waals surface area contributed by atoms with E-state index in [1.54, 1.807) is 6.92 Å². The molecule has 28 heavy (non-hydrogen) atoms. The summed E-state index contributed by atoms with van der Waals surface area (Å²) in [6.07, 6.45) is -2.28. The summed E-state index contributed by atoms with van der Waals surface area (Å²) in [6.45, 7) is 1.89. The van der Waals surface area contributed by atoms with Gasteiger partial charge in [0.25, 0.3) is 0 Å². The molecule has 9 heteroatoms. The Balaban J connectivity index is 2.37. The SMILES string of the molecule is CCOC(=O)c1ccc(/C=C/C(c2cc(Cl)c(Cl)c(Cl)c2)C(F)(F)F)cc1Br. The van der Waals surface area contributed by atoms with E-state index >= 15 is 0 Å². The molecule has 0 saturated carbocycles. The Bertz CT molecular complexity index is 891. The van der Waals surface area contributed by atoms with Crippen LogP contribution in [0, 0.1) is 0 Å². The topological polar surface area (TPSA) is 26.3 Å². The number of esters is 1. The van der Waals surface area contributed by atoms with Crippen LogP contribution in [-0.4, -0.2) is 18.8 Å². The second-order valence-electron chi connectivity index (χ2n) is 5.64. The molecule has 0 aromatic heterocycles. The Kier molecular flexibility index (Phi) is 7.85. The van der Waals surface area contributed by atoms with Crippen molar-refractivity contribution in [1.82, 2.24) is 0 Å². The number of halogens is 7. The Morgan fingerprint density at radius 1 is 1.18 bits per heavy atom. The van der Waals surface area contributed by atoms with Gasteiger partial charge in [0, 0.05) is 4.47 Å². The summed E-state index contributed by atoms with van der Waals surface area (Å²) in [6, 6.07) is 6.79. The van der Waals surface area contributed by atoms with Gasteiger partial charge in [-0.05, 0) is 58.2 Å². The summed E-state index contributed by atoms with van der Waals surface area (Å²) in [7, 11) is 0. The van der Waals surface area contributed by atoms with Crippen molar-refractivity contribution in [3.63, 3.8) is 0 Å². The van der Waals surface area contributed by atoms with E-state index in [0.717, 1.165) is 18.2 Å². The molecule has 1 atom stereocenters. The molecule has 0 amide bonds. The quantitative estimate of drug-likeness (QED) is 0.298. The third kappa shape index (κ3) is 5.66. The van der Waals surface area contributed by atoms with Gasteiger partial charge in [0.05, 0.1) is 33.2 Å². The van der Waals surface area contributed by atoms with Crippen LogP contribution in [0.5, 0.6) is 0 Å². The molecule has 0 aliphatic heterocycles. The lowest BCUT2D eigenvalue weighted by atomic mass is 9.97. The first-order chi connectivity index (χ1) is 13.0. The van der Waals surface area contributed by atoms with Crippen molar-refractivity contribution in [2.45, 2.75) is 19.0 Å². The summed E-state index contributed by atoms with van der Waals surface area (Å²) in [5.41, 5.74) is 0.605. The smallest absolute Gasteiger partial charge is 0.399 e. The average Bonchev–Trinajstić information content (AvgIpc) is 2.58. The zero-order chi connectivity index (χ0) is 21.1. The second kappa shape index (κ2) is 9.53. The van der Waals surface area contributed by atoms with E-state index in [9.17, 15) is 18.0 Å². The minimum Gasteiger partial charge on any atom is -0.462 e. The minimum absolute atomic E-state index is 0.00419. The highest BCUT2D eigenvalue weighted by Crippen LogP contribution is 2.41. The number of hydrogen-bond donors (Lipinski definition) is 0. The van der Waals surface area contributed by atoms with Gasteiger partial charge >= 0.3 is 12.1 Å². The molecule has 1 unspecified atom stereocenters. The molecule has 2 aromatic carbocycles.